The zero-order chi connectivity index (χ0) is 37.9. The molecular formula is C40H46N6O7. The number of nitrogens with zero attached hydrogens (tertiary/aromatic N) is 3. The predicted octanol–water partition coefficient (Wildman–Crippen LogP) is 2.41. The van der Waals surface area contributed by atoms with Gasteiger partial charge in [-0.05, 0) is 53.8 Å². The maximum absolute atomic E-state index is 14.2. The molecule has 3 N–H and O–H groups in total. The molecule has 1 fully saturated rings. The number of carbonyl (C=O) groups is 5. The first-order valence-corrected chi connectivity index (χ1v) is 17.8. The molecule has 0 aromatic heterocycles. The van der Waals surface area contributed by atoms with Crippen LogP contribution in [-0.4, -0.2) is 104 Å². The highest BCUT2D eigenvalue weighted by atomic mass is 16.5. The quantitative estimate of drug-likeness (QED) is 0.319. The molecule has 0 radical (unpaired) electrons. The lowest BCUT2D eigenvalue weighted by molar-refractivity contribution is -0.141. The first kappa shape index (κ1) is 38.5. The Labute approximate surface area is 309 Å². The van der Waals surface area contributed by atoms with Gasteiger partial charge in [-0.15, -0.1) is 0 Å². The van der Waals surface area contributed by atoms with Crippen LogP contribution < -0.4 is 20.7 Å². The van der Waals surface area contributed by atoms with E-state index in [1.165, 1.54) is 18.1 Å². The van der Waals surface area contributed by atoms with Crippen molar-refractivity contribution >= 4 is 29.5 Å². The fraction of sp³-hybridized carbons (Fsp3) is 0.400. The van der Waals surface area contributed by atoms with Crippen LogP contribution in [-0.2, 0) is 30.3 Å². The molecule has 1 saturated heterocycles. The van der Waals surface area contributed by atoms with Crippen molar-refractivity contribution in [3.05, 3.63) is 101 Å². The van der Waals surface area contributed by atoms with E-state index in [0.717, 1.165) is 11.1 Å². The Morgan fingerprint density at radius 3 is 2.42 bits per heavy atom. The van der Waals surface area contributed by atoms with Crippen LogP contribution in [0.2, 0.25) is 0 Å². The highest BCUT2D eigenvalue weighted by molar-refractivity contribution is 5.95. The molecule has 53 heavy (non-hydrogen) atoms. The van der Waals surface area contributed by atoms with Gasteiger partial charge in [0.25, 0.3) is 11.8 Å². The zero-order valence-electron chi connectivity index (χ0n) is 30.2. The number of ether oxygens (including phenoxy) is 2. The van der Waals surface area contributed by atoms with E-state index < -0.39 is 41.8 Å². The van der Waals surface area contributed by atoms with Gasteiger partial charge in [-0.3, -0.25) is 24.0 Å². The number of nitriles is 1. The lowest BCUT2D eigenvalue weighted by Gasteiger charge is -2.29. The van der Waals surface area contributed by atoms with Crippen molar-refractivity contribution in [3.8, 4) is 11.8 Å². The molecule has 3 aromatic carbocycles. The van der Waals surface area contributed by atoms with Gasteiger partial charge in [-0.25, -0.2) is 0 Å². The molecule has 0 unspecified atom stereocenters. The predicted molar refractivity (Wildman–Crippen MR) is 196 cm³/mol. The third kappa shape index (κ3) is 10.4. The molecule has 2 aliphatic heterocycles. The molecule has 2 aliphatic rings. The smallest absolute Gasteiger partial charge is 0.258 e. The third-order valence-electron chi connectivity index (χ3n) is 9.32. The van der Waals surface area contributed by atoms with Crippen molar-refractivity contribution in [2.24, 2.45) is 5.92 Å². The Bertz CT molecular complexity index is 1830. The van der Waals surface area contributed by atoms with Gasteiger partial charge in [0.05, 0.1) is 30.8 Å². The van der Waals surface area contributed by atoms with Crippen molar-refractivity contribution < 1.29 is 33.4 Å². The first-order valence-electron chi connectivity index (χ1n) is 17.8. The van der Waals surface area contributed by atoms with Gasteiger partial charge in [0.1, 0.15) is 17.8 Å². The average molecular weight is 723 g/mol. The second-order valence-corrected chi connectivity index (χ2v) is 13.8. The zero-order valence-corrected chi connectivity index (χ0v) is 30.2. The largest absolute Gasteiger partial charge is 0.484 e. The Morgan fingerprint density at radius 2 is 1.68 bits per heavy atom. The highest BCUT2D eigenvalue weighted by Gasteiger charge is 2.39. The molecule has 0 aliphatic carbocycles. The molecule has 3 aromatic rings. The van der Waals surface area contributed by atoms with Crippen molar-refractivity contribution in [3.63, 3.8) is 0 Å². The summed E-state index contributed by atoms with van der Waals surface area (Å²) in [7, 11) is 1.49. The van der Waals surface area contributed by atoms with Gasteiger partial charge in [0, 0.05) is 44.6 Å². The summed E-state index contributed by atoms with van der Waals surface area (Å²) in [5.74, 6) is -2.21. The number of methoxy groups -OCH3 is 1. The summed E-state index contributed by atoms with van der Waals surface area (Å²) >= 11 is 0. The number of likely N-dealkylation sites (tertiary alicyclic amines) is 1. The number of amides is 5. The number of carbonyl (C=O) groups excluding carboxylic acids is 5. The lowest BCUT2D eigenvalue weighted by Crippen LogP contribution is -2.56. The van der Waals surface area contributed by atoms with E-state index >= 15 is 0 Å². The number of hydrogen-bond donors (Lipinski definition) is 3. The summed E-state index contributed by atoms with van der Waals surface area (Å²) in [5.41, 5.74) is 2.28. The van der Waals surface area contributed by atoms with Crippen LogP contribution >= 0.6 is 0 Å². The second kappa shape index (κ2) is 18.1. The van der Waals surface area contributed by atoms with E-state index in [2.05, 4.69) is 22.0 Å². The van der Waals surface area contributed by atoms with Crippen LogP contribution in [0.25, 0.3) is 0 Å². The number of rotatable bonds is 8. The summed E-state index contributed by atoms with van der Waals surface area (Å²) in [6.45, 7) is 3.75. The van der Waals surface area contributed by atoms with E-state index in [9.17, 15) is 29.2 Å². The van der Waals surface area contributed by atoms with Crippen molar-refractivity contribution in [2.45, 2.75) is 50.7 Å². The van der Waals surface area contributed by atoms with E-state index in [1.807, 2.05) is 50.2 Å². The van der Waals surface area contributed by atoms with Gasteiger partial charge < -0.3 is 35.2 Å². The van der Waals surface area contributed by atoms with Crippen LogP contribution in [0, 0.1) is 17.2 Å². The molecule has 2 heterocycles. The van der Waals surface area contributed by atoms with Crippen molar-refractivity contribution in [2.75, 3.05) is 46.5 Å². The second-order valence-electron chi connectivity index (χ2n) is 13.8. The lowest BCUT2D eigenvalue weighted by atomic mass is 9.93. The number of benzene rings is 3. The van der Waals surface area contributed by atoms with Crippen LogP contribution in [0.1, 0.15) is 53.2 Å². The first-order chi connectivity index (χ1) is 25.5. The molecular weight excluding hydrogens is 676 g/mol. The number of fused-ring (bicyclic) bond motifs is 4. The Hall–Kier alpha value is -5.74. The summed E-state index contributed by atoms with van der Waals surface area (Å²) in [5, 5.41) is 18.2. The van der Waals surface area contributed by atoms with Crippen LogP contribution in [0.5, 0.6) is 5.75 Å². The molecule has 0 spiro atoms. The fourth-order valence-electron chi connectivity index (χ4n) is 6.72. The van der Waals surface area contributed by atoms with Crippen LogP contribution in [0.4, 0.5) is 0 Å². The fourth-order valence-corrected chi connectivity index (χ4v) is 6.72. The molecule has 5 rings (SSSR count). The van der Waals surface area contributed by atoms with Crippen molar-refractivity contribution in [1.82, 2.24) is 25.8 Å². The van der Waals surface area contributed by atoms with Crippen LogP contribution in [0.3, 0.4) is 0 Å². The maximum atomic E-state index is 14.2. The Morgan fingerprint density at radius 1 is 0.925 bits per heavy atom. The van der Waals surface area contributed by atoms with E-state index in [1.54, 1.807) is 41.3 Å². The SMILES string of the molecule is COCCN1CC(=O)N[C@@H](Cc2ccccc2)C(=O)N[C@@H]2CN(C(=O)c3cccc(C#N)c3)C[C@H]2c2cccc(c2)OCC(=O)N[C@H](CC(C)C)C1=O. The monoisotopic (exact) mass is 722 g/mol. The number of hydrogen-bond acceptors (Lipinski definition) is 8. The molecule has 13 nitrogen and oxygen atoms in total. The Kier molecular flexibility index (Phi) is 13.2. The van der Waals surface area contributed by atoms with Gasteiger partial charge in [0.15, 0.2) is 6.61 Å². The normalized spacial score (nSPS) is 21.3. The standard InChI is InChI=1S/C40H46N6O7/c1-26(2)17-34-40(51)45(15-16-52-3)24-36(47)42-33(19-27-9-5-4-6-10-27)38(49)44-35-23-46(39(50)30-13-7-11-28(18-30)21-41)22-32(35)29-12-8-14-31(20-29)53-25-37(48)43-34/h4-14,18,20,26,32-35H,15-17,19,22-25H2,1-3H3,(H,42,47)(H,43,48)(H,44,49)/t32-,33-,34+,35+/m0/s1. The summed E-state index contributed by atoms with van der Waals surface area (Å²) in [4.78, 5) is 71.8. The van der Waals surface area contributed by atoms with Crippen LogP contribution in [0.15, 0.2) is 78.9 Å². The van der Waals surface area contributed by atoms with Crippen molar-refractivity contribution in [1.29, 1.82) is 5.26 Å². The van der Waals surface area contributed by atoms with Gasteiger partial charge in [-0.1, -0.05) is 62.4 Å². The molecule has 2 bridgehead atoms. The molecule has 278 valence electrons. The highest BCUT2D eigenvalue weighted by Crippen LogP contribution is 2.31. The Balaban J connectivity index is 1.51. The average Bonchev–Trinajstić information content (AvgIpc) is 3.58. The van der Waals surface area contributed by atoms with Gasteiger partial charge in [0.2, 0.25) is 17.7 Å². The molecule has 5 amide bonds. The molecule has 13 heteroatoms. The van der Waals surface area contributed by atoms with E-state index in [0.29, 0.717) is 23.3 Å². The summed E-state index contributed by atoms with van der Waals surface area (Å²) in [6, 6.07) is 22.4. The molecule has 0 saturated carbocycles. The summed E-state index contributed by atoms with van der Waals surface area (Å²) in [6.07, 6.45) is 0.490. The minimum atomic E-state index is -1.03. The van der Waals surface area contributed by atoms with E-state index in [4.69, 9.17) is 9.47 Å². The molecule has 4 atom stereocenters. The van der Waals surface area contributed by atoms with E-state index in [-0.39, 0.29) is 63.6 Å². The number of nitrogens with one attached hydrogen (secondary N) is 3. The topological polar surface area (TPSA) is 170 Å². The maximum Gasteiger partial charge on any atom is 0.258 e. The minimum absolute atomic E-state index is 0.0397. The minimum Gasteiger partial charge on any atom is -0.484 e. The summed E-state index contributed by atoms with van der Waals surface area (Å²) < 4.78 is 11.1. The third-order valence-corrected chi connectivity index (χ3v) is 9.32. The van der Waals surface area contributed by atoms with Gasteiger partial charge in [-0.2, -0.15) is 5.26 Å². The van der Waals surface area contributed by atoms with Gasteiger partial charge >= 0.3 is 0 Å².